The highest BCUT2D eigenvalue weighted by atomic mass is 35.5. The fourth-order valence-electron chi connectivity index (χ4n) is 3.87. The van der Waals surface area contributed by atoms with Gasteiger partial charge < -0.3 is 15.0 Å². The first kappa shape index (κ1) is 22.3. The third-order valence-electron chi connectivity index (χ3n) is 5.90. The van der Waals surface area contributed by atoms with Gasteiger partial charge in [0.1, 0.15) is 10.8 Å². The normalized spacial score (nSPS) is 17.1. The molecule has 0 amide bonds. The topological polar surface area (TPSA) is 59.4 Å². The Morgan fingerprint density at radius 2 is 1.84 bits per heavy atom. The van der Waals surface area contributed by atoms with Crippen LogP contribution < -0.4 is 15.8 Å². The van der Waals surface area contributed by atoms with Gasteiger partial charge in [-0.1, -0.05) is 11.6 Å². The summed E-state index contributed by atoms with van der Waals surface area (Å²) in [5.41, 5.74) is 2.49. The maximum absolute atomic E-state index is 13.2. The Labute approximate surface area is 191 Å². The fraction of sp³-hybridized carbons (Fsp3) is 0.333. The molecule has 168 valence electrons. The number of ether oxygens (including phenoxy) is 1. The minimum atomic E-state index is -0.386. The lowest BCUT2D eigenvalue weighted by Gasteiger charge is -2.29. The van der Waals surface area contributed by atoms with Crippen LogP contribution in [0.15, 0.2) is 59.5 Å². The van der Waals surface area contributed by atoms with Crippen molar-refractivity contribution in [3.05, 3.63) is 75.9 Å². The van der Waals surface area contributed by atoms with Crippen molar-refractivity contribution in [1.82, 2.24) is 9.78 Å². The van der Waals surface area contributed by atoms with Crippen molar-refractivity contribution in [2.24, 2.45) is 5.92 Å². The molecule has 4 rings (SSSR count). The van der Waals surface area contributed by atoms with Crippen molar-refractivity contribution >= 4 is 28.7 Å². The molecule has 0 radical (unpaired) electrons. The molecule has 1 aromatic heterocycles. The fourth-order valence-corrected chi connectivity index (χ4v) is 4.06. The summed E-state index contributed by atoms with van der Waals surface area (Å²) >= 11 is 6.40. The second-order valence-corrected chi connectivity index (χ2v) is 8.43. The van der Waals surface area contributed by atoms with Crippen molar-refractivity contribution in [2.45, 2.75) is 25.8 Å². The van der Waals surface area contributed by atoms with Gasteiger partial charge in [0.15, 0.2) is 0 Å². The van der Waals surface area contributed by atoms with Gasteiger partial charge >= 0.3 is 0 Å². The van der Waals surface area contributed by atoms with Crippen LogP contribution in [0.1, 0.15) is 19.8 Å². The van der Waals surface area contributed by atoms with E-state index in [-0.39, 0.29) is 22.4 Å². The summed E-state index contributed by atoms with van der Waals surface area (Å²) in [7, 11) is 1.89. The van der Waals surface area contributed by atoms with E-state index in [0.29, 0.717) is 23.9 Å². The zero-order valence-corrected chi connectivity index (χ0v) is 18.8. The van der Waals surface area contributed by atoms with Crippen LogP contribution in [0.2, 0.25) is 5.02 Å². The van der Waals surface area contributed by atoms with Crippen molar-refractivity contribution in [2.75, 3.05) is 30.5 Å². The summed E-state index contributed by atoms with van der Waals surface area (Å²) in [6.45, 7) is 3.58. The van der Waals surface area contributed by atoms with Gasteiger partial charge in [-0.3, -0.25) is 4.79 Å². The molecule has 2 heterocycles. The highest BCUT2D eigenvalue weighted by Gasteiger charge is 2.22. The Morgan fingerprint density at radius 1 is 1.19 bits per heavy atom. The number of benzene rings is 2. The number of nitrogens with zero attached hydrogens (tertiary/aromatic N) is 3. The average molecular weight is 457 g/mol. The van der Waals surface area contributed by atoms with Gasteiger partial charge in [0.05, 0.1) is 24.2 Å². The molecule has 1 aliphatic heterocycles. The summed E-state index contributed by atoms with van der Waals surface area (Å²) < 4.78 is 20.0. The standard InChI is InChI=1S/C24H26ClFN4O2/c1-16(17-4-3-13-32-15-17)28-22-14-27-30(24(31)23(22)25)21-11-9-20(10-12-21)29(2)19-7-5-18(26)6-8-19/h5-12,14,16-17,28H,3-4,13,15H2,1-2H3/t16?,17-/m1/s1. The van der Waals surface area contributed by atoms with Crippen LogP contribution in [-0.4, -0.2) is 36.1 Å². The number of anilines is 3. The lowest BCUT2D eigenvalue weighted by atomic mass is 9.95. The van der Waals surface area contributed by atoms with Gasteiger partial charge in [-0.05, 0) is 68.3 Å². The second-order valence-electron chi connectivity index (χ2n) is 8.05. The van der Waals surface area contributed by atoms with E-state index in [9.17, 15) is 9.18 Å². The molecule has 2 aromatic carbocycles. The summed E-state index contributed by atoms with van der Waals surface area (Å²) in [6.07, 6.45) is 3.70. The van der Waals surface area contributed by atoms with E-state index in [1.807, 2.05) is 24.1 Å². The lowest BCUT2D eigenvalue weighted by Crippen LogP contribution is -2.33. The van der Waals surface area contributed by atoms with Gasteiger partial charge in [-0.25, -0.2) is 4.39 Å². The minimum absolute atomic E-state index is 0.107. The van der Waals surface area contributed by atoms with E-state index in [2.05, 4.69) is 17.3 Å². The molecule has 1 saturated heterocycles. The number of hydrogen-bond donors (Lipinski definition) is 1. The number of hydrogen-bond acceptors (Lipinski definition) is 5. The zero-order valence-electron chi connectivity index (χ0n) is 18.1. The van der Waals surface area contributed by atoms with Crippen LogP contribution in [0.4, 0.5) is 21.5 Å². The maximum Gasteiger partial charge on any atom is 0.292 e. The summed E-state index contributed by atoms with van der Waals surface area (Å²) in [4.78, 5) is 14.8. The maximum atomic E-state index is 13.2. The molecule has 32 heavy (non-hydrogen) atoms. The Kier molecular flexibility index (Phi) is 6.77. The molecule has 1 fully saturated rings. The Morgan fingerprint density at radius 3 is 2.47 bits per heavy atom. The summed E-state index contributed by atoms with van der Waals surface area (Å²) in [5, 5.41) is 7.75. The Bertz CT molecular complexity index is 1110. The van der Waals surface area contributed by atoms with E-state index in [1.54, 1.807) is 30.5 Å². The molecule has 0 aliphatic carbocycles. The van der Waals surface area contributed by atoms with Crippen LogP contribution in [0.25, 0.3) is 5.69 Å². The van der Waals surface area contributed by atoms with Gasteiger partial charge in [0, 0.05) is 37.0 Å². The average Bonchev–Trinajstić information content (AvgIpc) is 2.83. The monoisotopic (exact) mass is 456 g/mol. The molecule has 6 nitrogen and oxygen atoms in total. The second kappa shape index (κ2) is 9.71. The highest BCUT2D eigenvalue weighted by Crippen LogP contribution is 2.26. The highest BCUT2D eigenvalue weighted by molar-refractivity contribution is 6.33. The zero-order chi connectivity index (χ0) is 22.7. The number of aromatic nitrogens is 2. The minimum Gasteiger partial charge on any atom is -0.381 e. The van der Waals surface area contributed by atoms with Crippen molar-refractivity contribution in [1.29, 1.82) is 0 Å². The van der Waals surface area contributed by atoms with Crippen LogP contribution in [-0.2, 0) is 4.74 Å². The molecular formula is C24H26ClFN4O2. The van der Waals surface area contributed by atoms with Crippen LogP contribution in [0.5, 0.6) is 0 Å². The molecule has 0 spiro atoms. The van der Waals surface area contributed by atoms with E-state index in [1.165, 1.54) is 16.8 Å². The van der Waals surface area contributed by atoms with E-state index in [4.69, 9.17) is 16.3 Å². The first-order valence-corrected chi connectivity index (χ1v) is 11.0. The molecule has 0 bridgehead atoms. The smallest absolute Gasteiger partial charge is 0.292 e. The molecule has 2 atom stereocenters. The first-order chi connectivity index (χ1) is 15.4. The molecule has 1 unspecified atom stereocenters. The molecule has 1 N–H and O–H groups in total. The molecule has 1 aliphatic rings. The Hall–Kier alpha value is -2.90. The van der Waals surface area contributed by atoms with E-state index in [0.717, 1.165) is 30.8 Å². The Balaban J connectivity index is 1.51. The van der Waals surface area contributed by atoms with E-state index >= 15 is 0 Å². The van der Waals surface area contributed by atoms with Gasteiger partial charge in [0.2, 0.25) is 0 Å². The molecule has 8 heteroatoms. The van der Waals surface area contributed by atoms with Gasteiger partial charge in [0.25, 0.3) is 5.56 Å². The number of nitrogens with one attached hydrogen (secondary N) is 1. The number of rotatable bonds is 6. The van der Waals surface area contributed by atoms with Crippen molar-refractivity contribution in [3.63, 3.8) is 0 Å². The van der Waals surface area contributed by atoms with Crippen LogP contribution in [0.3, 0.4) is 0 Å². The molecular weight excluding hydrogens is 431 g/mol. The SMILES string of the molecule is CC(Nc1cnn(-c2ccc(N(C)c3ccc(F)cc3)cc2)c(=O)c1Cl)[C@@H]1CCCOC1. The predicted molar refractivity (Wildman–Crippen MR) is 126 cm³/mol. The van der Waals surface area contributed by atoms with Gasteiger partial charge in [-0.15, -0.1) is 0 Å². The van der Waals surface area contributed by atoms with E-state index < -0.39 is 0 Å². The third kappa shape index (κ3) is 4.79. The molecule has 3 aromatic rings. The van der Waals surface area contributed by atoms with Gasteiger partial charge in [-0.2, -0.15) is 9.78 Å². The van der Waals surface area contributed by atoms with Crippen molar-refractivity contribution in [3.8, 4) is 5.69 Å². The summed E-state index contributed by atoms with van der Waals surface area (Å²) in [5.74, 6) is 0.0899. The van der Waals surface area contributed by atoms with Crippen molar-refractivity contribution < 1.29 is 9.13 Å². The third-order valence-corrected chi connectivity index (χ3v) is 6.27. The summed E-state index contributed by atoms with van der Waals surface area (Å²) in [6, 6.07) is 13.7. The largest absolute Gasteiger partial charge is 0.381 e. The quantitative estimate of drug-likeness (QED) is 0.564. The molecule has 0 saturated carbocycles. The van der Waals surface area contributed by atoms with Crippen LogP contribution in [0, 0.1) is 11.7 Å². The lowest BCUT2D eigenvalue weighted by molar-refractivity contribution is 0.0496. The van der Waals surface area contributed by atoms with Crippen LogP contribution >= 0.6 is 11.6 Å². The predicted octanol–water partition coefficient (Wildman–Crippen LogP) is 5.02. The number of halogens is 2. The first-order valence-electron chi connectivity index (χ1n) is 10.7.